The molecule has 12 heavy (non-hydrogen) atoms. The van der Waals surface area contributed by atoms with E-state index in [1.807, 2.05) is 6.92 Å². The molecule has 0 rings (SSSR count). The van der Waals surface area contributed by atoms with Crippen molar-refractivity contribution in [2.45, 2.75) is 13.3 Å². The van der Waals surface area contributed by atoms with Crippen LogP contribution in [0.3, 0.4) is 0 Å². The van der Waals surface area contributed by atoms with E-state index in [-0.39, 0.29) is 118 Å². The fourth-order valence-corrected chi connectivity index (χ4v) is 0.658. The van der Waals surface area contributed by atoms with Gasteiger partial charge in [0.1, 0.15) is 0 Å². The van der Waals surface area contributed by atoms with Gasteiger partial charge in [-0.05, 0) is 6.42 Å². The Morgan fingerprint density at radius 2 is 1.67 bits per heavy atom. The zero-order chi connectivity index (χ0) is 6.41. The topological polar surface area (TPSA) is 61.5 Å². The summed E-state index contributed by atoms with van der Waals surface area (Å²) in [6, 6.07) is 0. The molecule has 0 saturated heterocycles. The van der Waals surface area contributed by atoms with Gasteiger partial charge in [-0.1, -0.05) is 6.92 Å². The first-order chi connectivity index (χ1) is 3.81. The molecule has 0 fully saturated rings. The van der Waals surface area contributed by atoms with Gasteiger partial charge in [0.15, 0.2) is 0 Å². The van der Waals surface area contributed by atoms with Crippen molar-refractivity contribution in [1.29, 1.82) is 0 Å². The first kappa shape index (κ1) is 29.8. The zero-order valence-electron chi connectivity index (χ0n) is 4.72. The van der Waals surface area contributed by atoms with E-state index in [0.29, 0.717) is 6.61 Å². The second kappa shape index (κ2) is 24.4. The molecule has 9 heteroatoms. The molecular weight excluding hydrogens is 221 g/mol. The van der Waals surface area contributed by atoms with Gasteiger partial charge in [0.2, 0.25) is 0 Å². The van der Waals surface area contributed by atoms with Crippen molar-refractivity contribution in [2.75, 3.05) is 6.61 Å². The van der Waals surface area contributed by atoms with E-state index in [2.05, 4.69) is 15.0 Å². The van der Waals surface area contributed by atoms with Crippen LogP contribution in [0.2, 0.25) is 0 Å². The monoisotopic (exact) mass is 235 g/mol. The molecule has 1 atom stereocenters. The van der Waals surface area contributed by atoms with E-state index in [1.165, 1.54) is 0 Å². The number of hydrogen-bond donors (Lipinski definition) is 1. The van der Waals surface area contributed by atoms with Crippen molar-refractivity contribution in [3.8, 4) is 0 Å². The molecule has 0 aliphatic heterocycles. The first-order valence-electron chi connectivity index (χ1n) is 2.34. The molecule has 0 amide bonds. The van der Waals surface area contributed by atoms with Gasteiger partial charge in [-0.15, -0.1) is 0 Å². The fourth-order valence-electron chi connectivity index (χ4n) is 0.219. The molecule has 4 nitrogen and oxygen atoms in total. The molecule has 58 valence electrons. The Balaban J connectivity index is -0.0000000408. The summed E-state index contributed by atoms with van der Waals surface area (Å²) >= 11 is 0. The Morgan fingerprint density at radius 3 is 1.92 bits per heavy atom. The van der Waals surface area contributed by atoms with Gasteiger partial charge in [-0.3, -0.25) is 4.57 Å². The average molecular weight is 235 g/mol. The maximum absolute atomic E-state index is 10.2. The number of nitrogens with two attached hydrogens (primary N) is 1. The summed E-state index contributed by atoms with van der Waals surface area (Å²) in [6.45, 7) is 2.35. The Labute approximate surface area is 163 Å². The van der Waals surface area contributed by atoms with Crippen molar-refractivity contribution in [3.05, 3.63) is 0 Å². The van der Waals surface area contributed by atoms with Crippen LogP contribution in [-0.2, 0) is 13.7 Å². The van der Waals surface area contributed by atoms with Crippen LogP contribution in [0.4, 0.5) is 0 Å². The van der Waals surface area contributed by atoms with Crippen LogP contribution in [0, 0.1) is 0 Å². The van der Waals surface area contributed by atoms with E-state index in [1.54, 1.807) is 0 Å². The van der Waals surface area contributed by atoms with Crippen molar-refractivity contribution < 1.29 is 13.7 Å². The van der Waals surface area contributed by atoms with Gasteiger partial charge >= 0.3 is 126 Å². The van der Waals surface area contributed by atoms with E-state index < -0.39 is 8.25 Å². The maximum atomic E-state index is 10.2. The Morgan fingerprint density at radius 1 is 1.25 bits per heavy atom. The van der Waals surface area contributed by atoms with Crippen LogP contribution in [0.5, 0.6) is 0 Å². The standard InChI is InChI=1S/C3H10NO3P.4Na.4H/c1-2-3-6-8(5)7-4;;;;;;;;/h8H,2-4H2,1H3;;;;;;;;. The molecule has 0 spiro atoms. The third-order valence-electron chi connectivity index (χ3n) is 0.520. The molecule has 1 unspecified atom stereocenters. The fraction of sp³-hybridized carbons (Fsp3) is 1.00. The second-order valence-corrected chi connectivity index (χ2v) is 2.24. The molecule has 0 bridgehead atoms. The molecule has 2 N–H and O–H groups in total. The molecule has 0 saturated carbocycles. The van der Waals surface area contributed by atoms with Crippen LogP contribution in [0.15, 0.2) is 0 Å². The third-order valence-corrected chi connectivity index (χ3v) is 1.15. The quantitative estimate of drug-likeness (QED) is 0.351. The van der Waals surface area contributed by atoms with Crippen LogP contribution >= 0.6 is 8.25 Å². The van der Waals surface area contributed by atoms with E-state index in [4.69, 9.17) is 0 Å². The van der Waals surface area contributed by atoms with Crippen LogP contribution in [0.25, 0.3) is 0 Å². The number of rotatable bonds is 4. The molecule has 0 aromatic carbocycles. The summed E-state index contributed by atoms with van der Waals surface area (Å²) in [5.41, 5.74) is 0. The average Bonchev–Trinajstić information content (AvgIpc) is 1.83. The predicted molar refractivity (Wildman–Crippen MR) is 59.1 cm³/mol. The van der Waals surface area contributed by atoms with Crippen LogP contribution < -0.4 is 5.90 Å². The molecular formula is C3H14NNa4O3P. The van der Waals surface area contributed by atoms with Gasteiger partial charge in [-0.2, -0.15) is 0 Å². The van der Waals surface area contributed by atoms with Gasteiger partial charge in [0.25, 0.3) is 0 Å². The van der Waals surface area contributed by atoms with Crippen molar-refractivity contribution >= 4 is 126 Å². The van der Waals surface area contributed by atoms with Gasteiger partial charge < -0.3 is 4.52 Å². The minimum absolute atomic E-state index is 0. The number of hydrogen-bond acceptors (Lipinski definition) is 4. The Kier molecular flexibility index (Phi) is 60.5. The summed E-state index contributed by atoms with van der Waals surface area (Å²) in [4.78, 5) is 0. The Bertz CT molecular complexity index is 87.9. The SMILES string of the molecule is CCCO[PH](=O)ON.[NaH].[NaH].[NaH].[NaH]. The normalized spacial score (nSPS) is 9.17. The second-order valence-electron chi connectivity index (χ2n) is 1.22. The van der Waals surface area contributed by atoms with Crippen molar-refractivity contribution in [1.82, 2.24) is 0 Å². The summed E-state index contributed by atoms with van der Waals surface area (Å²) < 4.78 is 18.6. The Hall–Kier alpha value is 4.11. The van der Waals surface area contributed by atoms with Crippen LogP contribution in [0.1, 0.15) is 13.3 Å². The molecule has 0 aromatic rings. The molecule has 0 radical (unpaired) electrons. The van der Waals surface area contributed by atoms with Crippen LogP contribution in [-0.4, -0.2) is 125 Å². The molecule has 0 heterocycles. The molecule has 0 aliphatic carbocycles. The van der Waals surface area contributed by atoms with E-state index >= 15 is 0 Å². The summed E-state index contributed by atoms with van der Waals surface area (Å²) in [6.07, 6.45) is 0.819. The van der Waals surface area contributed by atoms with E-state index in [9.17, 15) is 4.57 Å². The van der Waals surface area contributed by atoms with Gasteiger partial charge in [0, 0.05) is 0 Å². The molecule has 0 aliphatic rings. The summed E-state index contributed by atoms with van der Waals surface area (Å²) in [7, 11) is -2.36. The zero-order valence-corrected chi connectivity index (χ0v) is 5.72. The van der Waals surface area contributed by atoms with Gasteiger partial charge in [0.05, 0.1) is 6.61 Å². The predicted octanol–water partition coefficient (Wildman–Crippen LogP) is -1.90. The summed E-state index contributed by atoms with van der Waals surface area (Å²) in [5, 5.41) is 0. The first-order valence-corrected chi connectivity index (χ1v) is 3.57. The third kappa shape index (κ3) is 23.7. The van der Waals surface area contributed by atoms with Crippen molar-refractivity contribution in [2.24, 2.45) is 5.90 Å². The minimum atomic E-state index is -2.36. The summed E-state index contributed by atoms with van der Waals surface area (Å²) in [5.74, 6) is 4.52. The molecule has 0 aromatic heterocycles. The van der Waals surface area contributed by atoms with E-state index in [0.717, 1.165) is 6.42 Å². The van der Waals surface area contributed by atoms with Gasteiger partial charge in [-0.25, -0.2) is 10.5 Å². The van der Waals surface area contributed by atoms with Crippen molar-refractivity contribution in [3.63, 3.8) is 0 Å².